The fourth-order valence-electron chi connectivity index (χ4n) is 2.29. The Balaban J connectivity index is 1.76. The summed E-state index contributed by atoms with van der Waals surface area (Å²) in [6.07, 6.45) is 1.64. The number of benzene rings is 1. The molecule has 0 unspecified atom stereocenters. The average molecular weight is 373 g/mol. The number of ether oxygens (including phenoxy) is 1. The highest BCUT2D eigenvalue weighted by Crippen LogP contribution is 2.33. The number of furan rings is 1. The second-order valence-electron chi connectivity index (χ2n) is 5.14. The van der Waals surface area contributed by atoms with Gasteiger partial charge in [-0.05, 0) is 19.1 Å². The lowest BCUT2D eigenvalue weighted by atomic mass is 10.2. The topological polar surface area (TPSA) is 59.8 Å². The Labute approximate surface area is 154 Å². The van der Waals surface area contributed by atoms with Gasteiger partial charge in [-0.1, -0.05) is 54.3 Å². The van der Waals surface area contributed by atoms with Crippen molar-refractivity contribution in [3.05, 3.63) is 53.1 Å². The van der Waals surface area contributed by atoms with Crippen molar-refractivity contribution >= 4 is 46.3 Å². The van der Waals surface area contributed by atoms with E-state index in [1.165, 1.54) is 4.90 Å². The van der Waals surface area contributed by atoms with E-state index in [-0.39, 0.29) is 19.1 Å². The standard InChI is InChI=1S/C18H15NO4S2/c1-2-22-16(20)11-19-17(21)15(25-18(19)24)10-13-8-9-14(23-13)12-6-4-3-5-7-12/h3-10H,2,11H2,1H3/b15-10-. The van der Waals surface area contributed by atoms with Crippen LogP contribution in [-0.4, -0.2) is 34.2 Å². The minimum Gasteiger partial charge on any atom is -0.465 e. The molecule has 0 radical (unpaired) electrons. The lowest BCUT2D eigenvalue weighted by molar-refractivity contribution is -0.145. The van der Waals surface area contributed by atoms with Crippen molar-refractivity contribution in [2.75, 3.05) is 13.2 Å². The molecule has 2 aromatic rings. The molecule has 1 aliphatic rings. The average Bonchev–Trinajstić information content (AvgIpc) is 3.17. The highest BCUT2D eigenvalue weighted by atomic mass is 32.2. The van der Waals surface area contributed by atoms with Gasteiger partial charge in [-0.2, -0.15) is 0 Å². The first-order valence-corrected chi connectivity index (χ1v) is 8.87. The molecule has 0 atom stereocenters. The highest BCUT2D eigenvalue weighted by Gasteiger charge is 2.34. The first-order valence-electron chi connectivity index (χ1n) is 7.64. The van der Waals surface area contributed by atoms with Crippen LogP contribution in [0.3, 0.4) is 0 Å². The zero-order valence-electron chi connectivity index (χ0n) is 13.4. The zero-order chi connectivity index (χ0) is 17.8. The summed E-state index contributed by atoms with van der Waals surface area (Å²) >= 11 is 6.33. The Hall–Kier alpha value is -2.38. The third-order valence-corrected chi connectivity index (χ3v) is 4.80. The Morgan fingerprint density at radius 3 is 2.76 bits per heavy atom. The van der Waals surface area contributed by atoms with Crippen molar-refractivity contribution in [2.45, 2.75) is 6.92 Å². The van der Waals surface area contributed by atoms with Gasteiger partial charge in [0.1, 0.15) is 22.4 Å². The molecular formula is C18H15NO4S2. The second kappa shape index (κ2) is 7.67. The molecule has 0 aliphatic carbocycles. The van der Waals surface area contributed by atoms with E-state index in [9.17, 15) is 9.59 Å². The number of hydrogen-bond donors (Lipinski definition) is 0. The maximum absolute atomic E-state index is 12.4. The number of carbonyl (C=O) groups is 2. The number of carbonyl (C=O) groups excluding carboxylic acids is 2. The maximum atomic E-state index is 12.4. The molecule has 1 fully saturated rings. The van der Waals surface area contributed by atoms with Crippen molar-refractivity contribution in [1.29, 1.82) is 0 Å². The predicted octanol–water partition coefficient (Wildman–Crippen LogP) is 3.71. The van der Waals surface area contributed by atoms with E-state index in [0.29, 0.717) is 20.7 Å². The fourth-order valence-corrected chi connectivity index (χ4v) is 3.52. The van der Waals surface area contributed by atoms with Crippen LogP contribution in [0.4, 0.5) is 0 Å². The van der Waals surface area contributed by atoms with Crippen molar-refractivity contribution in [3.63, 3.8) is 0 Å². The molecule has 1 amide bonds. The van der Waals surface area contributed by atoms with Crippen LogP contribution in [0.1, 0.15) is 12.7 Å². The van der Waals surface area contributed by atoms with Crippen molar-refractivity contribution in [3.8, 4) is 11.3 Å². The molecule has 0 spiro atoms. The molecule has 1 aromatic carbocycles. The van der Waals surface area contributed by atoms with Crippen LogP contribution in [0.5, 0.6) is 0 Å². The van der Waals surface area contributed by atoms with E-state index >= 15 is 0 Å². The van der Waals surface area contributed by atoms with Gasteiger partial charge in [0.15, 0.2) is 0 Å². The summed E-state index contributed by atoms with van der Waals surface area (Å²) in [7, 11) is 0. The van der Waals surface area contributed by atoms with E-state index < -0.39 is 5.97 Å². The summed E-state index contributed by atoms with van der Waals surface area (Å²) in [5.41, 5.74) is 0.956. The lowest BCUT2D eigenvalue weighted by Crippen LogP contribution is -2.34. The Morgan fingerprint density at radius 2 is 2.04 bits per heavy atom. The highest BCUT2D eigenvalue weighted by molar-refractivity contribution is 8.26. The van der Waals surface area contributed by atoms with Gasteiger partial charge in [-0.3, -0.25) is 14.5 Å². The Morgan fingerprint density at radius 1 is 1.28 bits per heavy atom. The van der Waals surface area contributed by atoms with Crippen LogP contribution < -0.4 is 0 Å². The molecular weight excluding hydrogens is 358 g/mol. The smallest absolute Gasteiger partial charge is 0.326 e. The van der Waals surface area contributed by atoms with Gasteiger partial charge in [-0.15, -0.1) is 0 Å². The van der Waals surface area contributed by atoms with Crippen molar-refractivity contribution < 1.29 is 18.7 Å². The minimum absolute atomic E-state index is 0.177. The van der Waals surface area contributed by atoms with Crippen LogP contribution in [0, 0.1) is 0 Å². The zero-order valence-corrected chi connectivity index (χ0v) is 15.1. The summed E-state index contributed by atoms with van der Waals surface area (Å²) in [5, 5.41) is 0. The maximum Gasteiger partial charge on any atom is 0.326 e. The summed E-state index contributed by atoms with van der Waals surface area (Å²) in [4.78, 5) is 25.7. The molecule has 1 aromatic heterocycles. The molecule has 25 heavy (non-hydrogen) atoms. The Kier molecular flexibility index (Phi) is 5.35. The largest absolute Gasteiger partial charge is 0.465 e. The summed E-state index contributed by atoms with van der Waals surface area (Å²) in [6, 6.07) is 13.3. The van der Waals surface area contributed by atoms with E-state index in [2.05, 4.69) is 0 Å². The molecule has 1 aliphatic heterocycles. The summed E-state index contributed by atoms with van der Waals surface area (Å²) in [6.45, 7) is 1.80. The van der Waals surface area contributed by atoms with Gasteiger partial charge >= 0.3 is 5.97 Å². The van der Waals surface area contributed by atoms with Crippen molar-refractivity contribution in [2.24, 2.45) is 0 Å². The van der Waals surface area contributed by atoms with Gasteiger partial charge < -0.3 is 9.15 Å². The monoisotopic (exact) mass is 373 g/mol. The molecule has 3 rings (SSSR count). The number of amides is 1. The van der Waals surface area contributed by atoms with Crippen molar-refractivity contribution in [1.82, 2.24) is 4.90 Å². The molecule has 0 N–H and O–H groups in total. The first-order chi connectivity index (χ1) is 12.1. The first kappa shape index (κ1) is 17.4. The fraction of sp³-hybridized carbons (Fsp3) is 0.167. The molecule has 2 heterocycles. The molecule has 5 nitrogen and oxygen atoms in total. The molecule has 0 saturated carbocycles. The Bertz CT molecular complexity index is 842. The van der Waals surface area contributed by atoms with Gasteiger partial charge in [0, 0.05) is 11.6 Å². The summed E-state index contributed by atoms with van der Waals surface area (Å²) < 4.78 is 11.0. The van der Waals surface area contributed by atoms with Crippen LogP contribution in [0.15, 0.2) is 51.8 Å². The van der Waals surface area contributed by atoms with Crippen LogP contribution >= 0.6 is 24.0 Å². The van der Waals surface area contributed by atoms with E-state index in [4.69, 9.17) is 21.4 Å². The normalized spacial score (nSPS) is 15.9. The number of esters is 1. The lowest BCUT2D eigenvalue weighted by Gasteiger charge is -2.12. The van der Waals surface area contributed by atoms with Crippen LogP contribution in [0.2, 0.25) is 0 Å². The number of thiocarbonyl (C=S) groups is 1. The van der Waals surface area contributed by atoms with E-state index in [1.807, 2.05) is 36.4 Å². The molecule has 128 valence electrons. The SMILES string of the molecule is CCOC(=O)CN1C(=O)/C(=C/c2ccc(-c3ccccc3)o2)SC1=S. The van der Waals surface area contributed by atoms with E-state index in [0.717, 1.165) is 17.3 Å². The molecule has 1 saturated heterocycles. The number of rotatable bonds is 5. The summed E-state index contributed by atoms with van der Waals surface area (Å²) in [5.74, 6) is 0.467. The minimum atomic E-state index is -0.482. The quantitative estimate of drug-likeness (QED) is 0.452. The van der Waals surface area contributed by atoms with Gasteiger partial charge in [0.2, 0.25) is 0 Å². The third-order valence-electron chi connectivity index (χ3n) is 3.42. The van der Waals surface area contributed by atoms with Crippen LogP contribution in [-0.2, 0) is 14.3 Å². The van der Waals surface area contributed by atoms with Gasteiger partial charge in [0.25, 0.3) is 5.91 Å². The van der Waals surface area contributed by atoms with Crippen LogP contribution in [0.25, 0.3) is 17.4 Å². The molecule has 0 bridgehead atoms. The molecule has 7 heteroatoms. The van der Waals surface area contributed by atoms with Gasteiger partial charge in [0.05, 0.1) is 11.5 Å². The number of nitrogens with zero attached hydrogens (tertiary/aromatic N) is 1. The number of thioether (sulfide) groups is 1. The third kappa shape index (κ3) is 4.00. The second-order valence-corrected chi connectivity index (χ2v) is 6.82. The van der Waals surface area contributed by atoms with Gasteiger partial charge in [-0.25, -0.2) is 0 Å². The predicted molar refractivity (Wildman–Crippen MR) is 101 cm³/mol. The van der Waals surface area contributed by atoms with E-state index in [1.54, 1.807) is 19.1 Å². The number of hydrogen-bond acceptors (Lipinski definition) is 6.